The highest BCUT2D eigenvalue weighted by Gasteiger charge is 1.97. The van der Waals surface area contributed by atoms with E-state index in [1.807, 2.05) is 6.07 Å². The summed E-state index contributed by atoms with van der Waals surface area (Å²) in [6.07, 6.45) is 1.32. The first-order valence-electron chi connectivity index (χ1n) is 2.80. The maximum atomic E-state index is 8.86. The molecule has 0 amide bonds. The van der Waals surface area contributed by atoms with Gasteiger partial charge in [-0.3, -0.25) is 4.98 Å². The second-order valence-corrected chi connectivity index (χ2v) is 1.94. The molecule has 1 aromatic rings. The number of aryl methyl sites for hydroxylation is 1. The zero-order valence-corrected chi connectivity index (χ0v) is 5.50. The molecular weight excluding hydrogens is 128 g/mol. The normalized spacial score (nSPS) is 8.80. The van der Waals surface area contributed by atoms with Gasteiger partial charge in [-0.05, 0) is 6.92 Å². The van der Waals surface area contributed by atoms with Crippen molar-refractivity contribution >= 4 is 0 Å². The second-order valence-electron chi connectivity index (χ2n) is 1.94. The van der Waals surface area contributed by atoms with E-state index in [9.17, 15) is 0 Å². The molecule has 0 aliphatic rings. The largest absolute Gasteiger partial charge is 0.506 e. The van der Waals surface area contributed by atoms with Crippen molar-refractivity contribution in [3.05, 3.63) is 23.5 Å². The van der Waals surface area contributed by atoms with E-state index in [1.54, 1.807) is 6.92 Å². The van der Waals surface area contributed by atoms with Crippen molar-refractivity contribution in [2.45, 2.75) is 6.92 Å². The predicted molar refractivity (Wildman–Crippen MR) is 35.4 cm³/mol. The average molecular weight is 134 g/mol. The third kappa shape index (κ3) is 1.06. The number of aromatic nitrogens is 1. The van der Waals surface area contributed by atoms with E-state index in [1.165, 1.54) is 12.3 Å². The Labute approximate surface area is 58.6 Å². The lowest BCUT2D eigenvalue weighted by Gasteiger charge is -1.94. The van der Waals surface area contributed by atoms with Gasteiger partial charge in [0.15, 0.2) is 0 Å². The van der Waals surface area contributed by atoms with Gasteiger partial charge in [0, 0.05) is 6.07 Å². The van der Waals surface area contributed by atoms with Gasteiger partial charge in [0.1, 0.15) is 11.8 Å². The van der Waals surface area contributed by atoms with Crippen molar-refractivity contribution in [1.29, 1.82) is 5.26 Å². The zero-order valence-electron chi connectivity index (χ0n) is 5.50. The number of aromatic hydroxyl groups is 1. The molecule has 0 aliphatic carbocycles. The van der Waals surface area contributed by atoms with Crippen LogP contribution < -0.4 is 0 Å². The lowest BCUT2D eigenvalue weighted by Crippen LogP contribution is -1.84. The van der Waals surface area contributed by atoms with Crippen LogP contribution in [0.4, 0.5) is 0 Å². The van der Waals surface area contributed by atoms with E-state index in [0.717, 1.165) is 0 Å². The van der Waals surface area contributed by atoms with Crippen molar-refractivity contribution in [2.75, 3.05) is 0 Å². The molecule has 0 spiro atoms. The van der Waals surface area contributed by atoms with Gasteiger partial charge in [-0.25, -0.2) is 0 Å². The number of hydrogen-bond donors (Lipinski definition) is 1. The molecule has 0 unspecified atom stereocenters. The number of rotatable bonds is 0. The van der Waals surface area contributed by atoms with E-state index < -0.39 is 0 Å². The summed E-state index contributed by atoms with van der Waals surface area (Å²) in [5.74, 6) is 0.0298. The monoisotopic (exact) mass is 134 g/mol. The summed E-state index contributed by atoms with van der Waals surface area (Å²) in [6.45, 7) is 1.72. The lowest BCUT2D eigenvalue weighted by atomic mass is 10.2. The molecule has 1 heterocycles. The summed E-state index contributed by atoms with van der Waals surface area (Å²) in [4.78, 5) is 3.78. The molecule has 1 aromatic heterocycles. The second kappa shape index (κ2) is 2.36. The molecular formula is C7H6N2O. The van der Waals surface area contributed by atoms with Gasteiger partial charge in [-0.1, -0.05) is 0 Å². The third-order valence-electron chi connectivity index (χ3n) is 1.19. The van der Waals surface area contributed by atoms with E-state index >= 15 is 0 Å². The summed E-state index contributed by atoms with van der Waals surface area (Å²) in [5, 5.41) is 17.3. The first-order chi connectivity index (χ1) is 4.74. The van der Waals surface area contributed by atoms with Gasteiger partial charge < -0.3 is 5.11 Å². The Kier molecular flexibility index (Phi) is 1.55. The van der Waals surface area contributed by atoms with E-state index in [2.05, 4.69) is 4.98 Å². The van der Waals surface area contributed by atoms with E-state index in [-0.39, 0.29) is 5.75 Å². The van der Waals surface area contributed by atoms with Crippen LogP contribution in [0, 0.1) is 18.3 Å². The Morgan fingerprint density at radius 2 is 2.40 bits per heavy atom. The topological polar surface area (TPSA) is 56.9 Å². The van der Waals surface area contributed by atoms with Crippen LogP contribution in [0.3, 0.4) is 0 Å². The molecule has 0 aromatic carbocycles. The predicted octanol–water partition coefficient (Wildman–Crippen LogP) is 0.967. The fourth-order valence-electron chi connectivity index (χ4n) is 0.635. The standard InChI is InChI=1S/C7H6N2O/c1-5-6(3-8)2-7(10)4-9-5/h2,4,10H,1H3. The van der Waals surface area contributed by atoms with Gasteiger partial charge in [-0.2, -0.15) is 5.26 Å². The fraction of sp³-hybridized carbons (Fsp3) is 0.143. The van der Waals surface area contributed by atoms with Crippen molar-refractivity contribution in [2.24, 2.45) is 0 Å². The van der Waals surface area contributed by atoms with Crippen LogP contribution in [-0.4, -0.2) is 10.1 Å². The molecule has 10 heavy (non-hydrogen) atoms. The minimum Gasteiger partial charge on any atom is -0.506 e. The first-order valence-corrected chi connectivity index (χ1v) is 2.80. The van der Waals surface area contributed by atoms with Gasteiger partial charge in [0.25, 0.3) is 0 Å². The molecule has 0 saturated carbocycles. The van der Waals surface area contributed by atoms with Crippen molar-refractivity contribution in [1.82, 2.24) is 4.98 Å². The van der Waals surface area contributed by atoms with Crippen LogP contribution in [0.2, 0.25) is 0 Å². The molecule has 0 atom stereocenters. The maximum absolute atomic E-state index is 8.86. The molecule has 0 bridgehead atoms. The van der Waals surface area contributed by atoms with Crippen LogP contribution in [0.25, 0.3) is 0 Å². The summed E-state index contributed by atoms with van der Waals surface area (Å²) in [6, 6.07) is 3.30. The molecule has 3 heteroatoms. The van der Waals surface area contributed by atoms with Gasteiger partial charge in [-0.15, -0.1) is 0 Å². The van der Waals surface area contributed by atoms with Crippen molar-refractivity contribution in [3.8, 4) is 11.8 Å². The molecule has 50 valence electrons. The van der Waals surface area contributed by atoms with Crippen LogP contribution in [0.1, 0.15) is 11.3 Å². The van der Waals surface area contributed by atoms with Crippen LogP contribution in [0.5, 0.6) is 5.75 Å². The molecule has 1 N–H and O–H groups in total. The highest BCUT2D eigenvalue weighted by atomic mass is 16.3. The smallest absolute Gasteiger partial charge is 0.135 e. The summed E-state index contributed by atoms with van der Waals surface area (Å²) in [5.41, 5.74) is 1.06. The summed E-state index contributed by atoms with van der Waals surface area (Å²) in [7, 11) is 0. The number of pyridine rings is 1. The third-order valence-corrected chi connectivity index (χ3v) is 1.19. The van der Waals surface area contributed by atoms with Gasteiger partial charge >= 0.3 is 0 Å². The molecule has 0 radical (unpaired) electrons. The Balaban J connectivity index is 3.25. The molecule has 1 rings (SSSR count). The SMILES string of the molecule is Cc1ncc(O)cc1C#N. The highest BCUT2D eigenvalue weighted by Crippen LogP contribution is 2.10. The zero-order chi connectivity index (χ0) is 7.56. The summed E-state index contributed by atoms with van der Waals surface area (Å²) >= 11 is 0. The molecule has 3 nitrogen and oxygen atoms in total. The molecule has 0 saturated heterocycles. The quantitative estimate of drug-likeness (QED) is 0.575. The number of hydrogen-bond acceptors (Lipinski definition) is 3. The first kappa shape index (κ1) is 6.56. The average Bonchev–Trinajstić information content (AvgIpc) is 1.94. The Morgan fingerprint density at radius 1 is 1.70 bits per heavy atom. The summed E-state index contributed by atoms with van der Waals surface area (Å²) < 4.78 is 0. The van der Waals surface area contributed by atoms with Crippen molar-refractivity contribution in [3.63, 3.8) is 0 Å². The molecule has 0 aliphatic heterocycles. The highest BCUT2D eigenvalue weighted by molar-refractivity contribution is 5.36. The van der Waals surface area contributed by atoms with Crippen molar-refractivity contribution < 1.29 is 5.11 Å². The number of nitriles is 1. The maximum Gasteiger partial charge on any atom is 0.135 e. The lowest BCUT2D eigenvalue weighted by molar-refractivity contribution is 0.472. The van der Waals surface area contributed by atoms with Gasteiger partial charge in [0.05, 0.1) is 17.5 Å². The Bertz CT molecular complexity index is 288. The van der Waals surface area contributed by atoms with Gasteiger partial charge in [0.2, 0.25) is 0 Å². The van der Waals surface area contributed by atoms with E-state index in [4.69, 9.17) is 10.4 Å². The van der Waals surface area contributed by atoms with E-state index in [0.29, 0.717) is 11.3 Å². The molecule has 0 fully saturated rings. The fourth-order valence-corrected chi connectivity index (χ4v) is 0.635. The Hall–Kier alpha value is -1.56. The minimum atomic E-state index is 0.0298. The van der Waals surface area contributed by atoms with Crippen LogP contribution in [0.15, 0.2) is 12.3 Å². The van der Waals surface area contributed by atoms with Crippen LogP contribution in [-0.2, 0) is 0 Å². The van der Waals surface area contributed by atoms with Crippen LogP contribution >= 0.6 is 0 Å². The number of nitrogens with zero attached hydrogens (tertiary/aromatic N) is 2. The Morgan fingerprint density at radius 3 is 2.90 bits per heavy atom. The minimum absolute atomic E-state index is 0.0298.